The summed E-state index contributed by atoms with van der Waals surface area (Å²) < 4.78 is 27.3. The fraction of sp³-hybridized carbons (Fsp3) is 0.333. The number of anilines is 1. The molecule has 0 aliphatic heterocycles. The van der Waals surface area contributed by atoms with Gasteiger partial charge in [0.2, 0.25) is 10.0 Å². The number of nitrogen functional groups attached to an aromatic ring is 1. The number of nitrogens with two attached hydrogens (primary N) is 1. The van der Waals surface area contributed by atoms with Gasteiger partial charge in [-0.05, 0) is 47.5 Å². The Hall–Kier alpha value is -1.37. The Morgan fingerprint density at radius 1 is 1.14 bits per heavy atom. The van der Waals surface area contributed by atoms with E-state index in [1.807, 2.05) is 18.4 Å². The minimum absolute atomic E-state index is 0.215. The maximum absolute atomic E-state index is 12.3. The van der Waals surface area contributed by atoms with Crippen molar-refractivity contribution in [2.45, 2.75) is 38.1 Å². The molecule has 1 aromatic heterocycles. The molecule has 3 N–H and O–H groups in total. The number of aryl methyl sites for hydroxylation is 2. The van der Waals surface area contributed by atoms with E-state index in [0.717, 1.165) is 23.3 Å². The molecule has 0 fully saturated rings. The molecule has 2 aromatic rings. The van der Waals surface area contributed by atoms with Gasteiger partial charge in [0.1, 0.15) is 0 Å². The fourth-order valence-electron chi connectivity index (χ4n) is 2.14. The Morgan fingerprint density at radius 3 is 2.48 bits per heavy atom. The zero-order valence-corrected chi connectivity index (χ0v) is 13.9. The van der Waals surface area contributed by atoms with Crippen LogP contribution in [-0.2, 0) is 29.4 Å². The van der Waals surface area contributed by atoms with Crippen molar-refractivity contribution >= 4 is 27.0 Å². The van der Waals surface area contributed by atoms with Gasteiger partial charge >= 0.3 is 0 Å². The SMILES string of the molecule is CCc1ccc(S(=O)(=O)NCc2sccc2CC)cc1N. The smallest absolute Gasteiger partial charge is 0.240 e. The van der Waals surface area contributed by atoms with Gasteiger partial charge in [0.25, 0.3) is 0 Å². The molecule has 6 heteroatoms. The number of rotatable bonds is 6. The number of sulfonamides is 1. The third-order valence-corrected chi connectivity index (χ3v) is 5.81. The van der Waals surface area contributed by atoms with E-state index in [0.29, 0.717) is 12.2 Å². The standard InChI is InChI=1S/C15H20N2O2S2/c1-3-11-5-6-13(9-14(11)16)21(18,19)17-10-15-12(4-2)7-8-20-15/h5-9,17H,3-4,10,16H2,1-2H3. The van der Waals surface area contributed by atoms with Crippen LogP contribution in [0.4, 0.5) is 5.69 Å². The molecule has 0 bridgehead atoms. The molecule has 21 heavy (non-hydrogen) atoms. The summed E-state index contributed by atoms with van der Waals surface area (Å²) in [6.45, 7) is 4.37. The van der Waals surface area contributed by atoms with Gasteiger partial charge in [0, 0.05) is 17.1 Å². The van der Waals surface area contributed by atoms with E-state index < -0.39 is 10.0 Å². The first-order chi connectivity index (χ1) is 9.97. The summed E-state index contributed by atoms with van der Waals surface area (Å²) in [5.41, 5.74) is 8.54. The van der Waals surface area contributed by atoms with Crippen molar-refractivity contribution < 1.29 is 8.42 Å². The van der Waals surface area contributed by atoms with Gasteiger partial charge < -0.3 is 5.73 Å². The highest BCUT2D eigenvalue weighted by Gasteiger charge is 2.16. The topological polar surface area (TPSA) is 72.2 Å². The fourth-order valence-corrected chi connectivity index (χ4v) is 4.18. The lowest BCUT2D eigenvalue weighted by Crippen LogP contribution is -2.23. The van der Waals surface area contributed by atoms with E-state index in [2.05, 4.69) is 11.6 Å². The van der Waals surface area contributed by atoms with Crippen LogP contribution in [0.5, 0.6) is 0 Å². The van der Waals surface area contributed by atoms with Crippen LogP contribution in [0.25, 0.3) is 0 Å². The second-order valence-electron chi connectivity index (χ2n) is 4.76. The van der Waals surface area contributed by atoms with Crippen LogP contribution in [0.15, 0.2) is 34.5 Å². The van der Waals surface area contributed by atoms with Gasteiger partial charge in [-0.25, -0.2) is 13.1 Å². The Labute approximate surface area is 130 Å². The lowest BCUT2D eigenvalue weighted by atomic mass is 10.1. The minimum atomic E-state index is -3.53. The maximum Gasteiger partial charge on any atom is 0.240 e. The predicted octanol–water partition coefficient (Wildman–Crippen LogP) is 2.93. The average molecular weight is 324 g/mol. The summed E-state index contributed by atoms with van der Waals surface area (Å²) in [5, 5.41) is 1.98. The van der Waals surface area contributed by atoms with Crippen LogP contribution in [0.3, 0.4) is 0 Å². The molecule has 4 nitrogen and oxygen atoms in total. The lowest BCUT2D eigenvalue weighted by molar-refractivity contribution is 0.581. The predicted molar refractivity (Wildman–Crippen MR) is 88.0 cm³/mol. The molecule has 0 saturated heterocycles. The van der Waals surface area contributed by atoms with Gasteiger partial charge in [0.05, 0.1) is 4.90 Å². The van der Waals surface area contributed by atoms with Crippen LogP contribution < -0.4 is 10.5 Å². The number of hydrogen-bond donors (Lipinski definition) is 2. The average Bonchev–Trinajstić information content (AvgIpc) is 2.92. The number of benzene rings is 1. The number of hydrogen-bond acceptors (Lipinski definition) is 4. The summed E-state index contributed by atoms with van der Waals surface area (Å²) in [6, 6.07) is 6.93. The van der Waals surface area contributed by atoms with E-state index in [4.69, 9.17) is 5.73 Å². The summed E-state index contributed by atoms with van der Waals surface area (Å²) in [5.74, 6) is 0. The molecule has 1 heterocycles. The third kappa shape index (κ3) is 3.64. The van der Waals surface area contributed by atoms with Gasteiger partial charge in [-0.3, -0.25) is 0 Å². The first kappa shape index (κ1) is 16.0. The molecular formula is C15H20N2O2S2. The zero-order valence-electron chi connectivity index (χ0n) is 12.2. The second kappa shape index (κ2) is 6.60. The van der Waals surface area contributed by atoms with E-state index in [1.54, 1.807) is 23.5 Å². The van der Waals surface area contributed by atoms with Crippen molar-refractivity contribution in [2.24, 2.45) is 0 Å². The Balaban J connectivity index is 2.17. The Morgan fingerprint density at radius 2 is 1.86 bits per heavy atom. The number of nitrogens with one attached hydrogen (secondary N) is 1. The quantitative estimate of drug-likeness (QED) is 0.803. The normalized spacial score (nSPS) is 11.7. The van der Waals surface area contributed by atoms with Crippen LogP contribution in [0.2, 0.25) is 0 Å². The first-order valence-corrected chi connectivity index (χ1v) is 9.27. The maximum atomic E-state index is 12.3. The largest absolute Gasteiger partial charge is 0.398 e. The summed E-state index contributed by atoms with van der Waals surface area (Å²) in [7, 11) is -3.53. The molecule has 0 atom stereocenters. The van der Waals surface area contributed by atoms with Crippen LogP contribution in [0.1, 0.15) is 29.9 Å². The lowest BCUT2D eigenvalue weighted by Gasteiger charge is -2.09. The van der Waals surface area contributed by atoms with Crippen LogP contribution in [-0.4, -0.2) is 8.42 Å². The van der Waals surface area contributed by atoms with Gasteiger partial charge in [-0.15, -0.1) is 11.3 Å². The molecule has 0 aliphatic carbocycles. The van der Waals surface area contributed by atoms with Crippen molar-refractivity contribution in [3.05, 3.63) is 45.6 Å². The molecule has 0 aliphatic rings. The molecule has 0 radical (unpaired) electrons. The van der Waals surface area contributed by atoms with Crippen molar-refractivity contribution in [1.29, 1.82) is 0 Å². The molecule has 1 aromatic carbocycles. The third-order valence-electron chi connectivity index (χ3n) is 3.45. The molecular weight excluding hydrogens is 304 g/mol. The van der Waals surface area contributed by atoms with Crippen LogP contribution >= 0.6 is 11.3 Å². The first-order valence-electron chi connectivity index (χ1n) is 6.91. The molecule has 114 valence electrons. The molecule has 0 saturated carbocycles. The molecule has 0 amide bonds. The second-order valence-corrected chi connectivity index (χ2v) is 7.53. The monoisotopic (exact) mass is 324 g/mol. The minimum Gasteiger partial charge on any atom is -0.398 e. The molecule has 0 spiro atoms. The summed E-state index contributed by atoms with van der Waals surface area (Å²) in [4.78, 5) is 1.27. The van der Waals surface area contributed by atoms with Crippen molar-refractivity contribution in [3.63, 3.8) is 0 Å². The van der Waals surface area contributed by atoms with E-state index in [1.165, 1.54) is 11.6 Å². The highest BCUT2D eigenvalue weighted by molar-refractivity contribution is 7.89. The van der Waals surface area contributed by atoms with Crippen molar-refractivity contribution in [3.8, 4) is 0 Å². The van der Waals surface area contributed by atoms with E-state index >= 15 is 0 Å². The van der Waals surface area contributed by atoms with Gasteiger partial charge in [-0.1, -0.05) is 19.9 Å². The van der Waals surface area contributed by atoms with E-state index in [-0.39, 0.29) is 4.90 Å². The van der Waals surface area contributed by atoms with Crippen LogP contribution in [0, 0.1) is 0 Å². The Bertz CT molecular complexity index is 721. The highest BCUT2D eigenvalue weighted by Crippen LogP contribution is 2.20. The Kier molecular flexibility index (Phi) is 5.03. The summed E-state index contributed by atoms with van der Waals surface area (Å²) >= 11 is 1.57. The van der Waals surface area contributed by atoms with E-state index in [9.17, 15) is 8.42 Å². The molecule has 0 unspecified atom stereocenters. The molecule has 2 rings (SSSR count). The zero-order chi connectivity index (χ0) is 15.5. The van der Waals surface area contributed by atoms with Gasteiger partial charge in [-0.2, -0.15) is 0 Å². The summed E-state index contributed by atoms with van der Waals surface area (Å²) in [6.07, 6.45) is 1.69. The highest BCUT2D eigenvalue weighted by atomic mass is 32.2. The van der Waals surface area contributed by atoms with Gasteiger partial charge in [0.15, 0.2) is 0 Å². The number of thiophene rings is 1. The van der Waals surface area contributed by atoms with Crippen molar-refractivity contribution in [1.82, 2.24) is 4.72 Å². The van der Waals surface area contributed by atoms with Crippen molar-refractivity contribution in [2.75, 3.05) is 5.73 Å².